The topological polar surface area (TPSA) is 83.9 Å². The van der Waals surface area contributed by atoms with Crippen LogP contribution in [0.15, 0.2) is 36.0 Å². The molecule has 0 saturated heterocycles. The normalized spacial score (nSPS) is 17.0. The van der Waals surface area contributed by atoms with Crippen molar-refractivity contribution in [3.8, 4) is 5.75 Å². The van der Waals surface area contributed by atoms with E-state index in [-0.39, 0.29) is 0 Å². The number of carbonyl (C=O) groups excluding carboxylic acids is 2. The highest BCUT2D eigenvalue weighted by Crippen LogP contribution is 2.15. The van der Waals surface area contributed by atoms with Crippen LogP contribution < -0.4 is 25.8 Å². The molecule has 0 aromatic heterocycles. The summed E-state index contributed by atoms with van der Waals surface area (Å²) >= 11 is 0. The molecule has 2 amide bonds. The van der Waals surface area contributed by atoms with Crippen molar-refractivity contribution < 1.29 is 19.2 Å². The predicted molar refractivity (Wildman–Crippen MR) is 86.8 cm³/mol. The second-order valence-corrected chi connectivity index (χ2v) is 5.38. The van der Waals surface area contributed by atoms with Crippen LogP contribution >= 0.6 is 0 Å². The molecule has 1 unspecified atom stereocenters. The molecule has 23 heavy (non-hydrogen) atoms. The predicted octanol–water partition coefficient (Wildman–Crippen LogP) is -0.553. The third kappa shape index (κ3) is 5.30. The maximum atomic E-state index is 11.8. The Kier molecular flexibility index (Phi) is 5.99. The van der Waals surface area contributed by atoms with Gasteiger partial charge in [0.15, 0.2) is 0 Å². The number of likely N-dealkylation sites (N-methyl/N-ethyl adjacent to an activating group) is 1. The molecule has 124 valence electrons. The highest BCUT2D eigenvalue weighted by atomic mass is 16.5. The van der Waals surface area contributed by atoms with Crippen molar-refractivity contribution in [2.24, 2.45) is 0 Å². The number of ether oxygens (including phenoxy) is 1. The second kappa shape index (κ2) is 8.19. The Morgan fingerprint density at radius 2 is 1.96 bits per heavy atom. The summed E-state index contributed by atoms with van der Waals surface area (Å²) in [6.45, 7) is 4.37. The SMILES string of the molecule is CCOc1ccc(NC(=O)C(=O)NNC2=CC[NH+](C)CC2)cc1. The lowest BCUT2D eigenvalue weighted by Gasteiger charge is -2.20. The minimum Gasteiger partial charge on any atom is -0.494 e. The number of hydrogen-bond donors (Lipinski definition) is 4. The summed E-state index contributed by atoms with van der Waals surface area (Å²) in [5, 5.41) is 2.54. The van der Waals surface area contributed by atoms with Crippen LogP contribution in [0.2, 0.25) is 0 Å². The Labute approximate surface area is 135 Å². The van der Waals surface area contributed by atoms with Gasteiger partial charge in [-0.15, -0.1) is 0 Å². The van der Waals surface area contributed by atoms with Crippen LogP contribution in [0.4, 0.5) is 5.69 Å². The largest absolute Gasteiger partial charge is 0.494 e. The molecule has 1 aromatic rings. The third-order valence-corrected chi connectivity index (χ3v) is 3.48. The lowest BCUT2D eigenvalue weighted by molar-refractivity contribution is -0.875. The van der Waals surface area contributed by atoms with Crippen molar-refractivity contribution >= 4 is 17.5 Å². The van der Waals surface area contributed by atoms with Gasteiger partial charge in [-0.3, -0.25) is 15.0 Å². The number of anilines is 1. The van der Waals surface area contributed by atoms with Gasteiger partial charge in [0.05, 0.1) is 26.7 Å². The van der Waals surface area contributed by atoms with Gasteiger partial charge >= 0.3 is 11.8 Å². The second-order valence-electron chi connectivity index (χ2n) is 5.38. The molecule has 2 rings (SSSR count). The summed E-state index contributed by atoms with van der Waals surface area (Å²) in [7, 11) is 2.11. The van der Waals surface area contributed by atoms with Crippen LogP contribution in [0.5, 0.6) is 5.75 Å². The fourth-order valence-corrected chi connectivity index (χ4v) is 2.15. The number of hydrogen-bond acceptors (Lipinski definition) is 4. The van der Waals surface area contributed by atoms with Gasteiger partial charge in [-0.25, -0.2) is 0 Å². The molecule has 0 radical (unpaired) electrons. The average molecular weight is 319 g/mol. The van der Waals surface area contributed by atoms with Gasteiger partial charge in [0, 0.05) is 17.8 Å². The molecule has 1 aliphatic heterocycles. The lowest BCUT2D eigenvalue weighted by atomic mass is 10.2. The molecule has 0 saturated carbocycles. The van der Waals surface area contributed by atoms with E-state index in [2.05, 4.69) is 23.2 Å². The van der Waals surface area contributed by atoms with Crippen LogP contribution in [0.1, 0.15) is 13.3 Å². The fourth-order valence-electron chi connectivity index (χ4n) is 2.15. The van der Waals surface area contributed by atoms with E-state index in [1.807, 2.05) is 13.0 Å². The molecule has 1 heterocycles. The molecular weight excluding hydrogens is 296 g/mol. The van der Waals surface area contributed by atoms with Crippen LogP contribution in [0.25, 0.3) is 0 Å². The molecule has 0 fully saturated rings. The summed E-state index contributed by atoms with van der Waals surface area (Å²) < 4.78 is 5.32. The van der Waals surface area contributed by atoms with Gasteiger partial charge in [-0.05, 0) is 37.3 Å². The van der Waals surface area contributed by atoms with Gasteiger partial charge in [0.1, 0.15) is 5.75 Å². The smallest absolute Gasteiger partial charge is 0.327 e. The fraction of sp³-hybridized carbons (Fsp3) is 0.375. The quantitative estimate of drug-likeness (QED) is 0.433. The Balaban J connectivity index is 1.79. The Hall–Kier alpha value is -2.54. The first-order chi connectivity index (χ1) is 11.1. The van der Waals surface area contributed by atoms with Crippen LogP contribution in [-0.4, -0.2) is 38.6 Å². The Morgan fingerprint density at radius 3 is 2.57 bits per heavy atom. The van der Waals surface area contributed by atoms with Gasteiger partial charge in [0.2, 0.25) is 0 Å². The van der Waals surface area contributed by atoms with E-state index in [1.165, 1.54) is 4.90 Å². The molecule has 0 bridgehead atoms. The number of carbonyl (C=O) groups is 2. The summed E-state index contributed by atoms with van der Waals surface area (Å²) in [5.74, 6) is -0.736. The van der Waals surface area contributed by atoms with E-state index >= 15 is 0 Å². The van der Waals surface area contributed by atoms with E-state index in [0.29, 0.717) is 18.0 Å². The van der Waals surface area contributed by atoms with E-state index in [0.717, 1.165) is 25.2 Å². The van der Waals surface area contributed by atoms with Gasteiger partial charge < -0.3 is 20.4 Å². The average Bonchev–Trinajstić information content (AvgIpc) is 2.56. The Morgan fingerprint density at radius 1 is 1.22 bits per heavy atom. The molecule has 0 aliphatic carbocycles. The van der Waals surface area contributed by atoms with Crippen molar-refractivity contribution in [3.05, 3.63) is 36.0 Å². The molecule has 1 aromatic carbocycles. The van der Waals surface area contributed by atoms with Crippen LogP contribution in [0.3, 0.4) is 0 Å². The first-order valence-electron chi connectivity index (χ1n) is 7.69. The van der Waals surface area contributed by atoms with Gasteiger partial charge in [0.25, 0.3) is 0 Å². The van der Waals surface area contributed by atoms with E-state index < -0.39 is 11.8 Å². The molecule has 7 heteroatoms. The lowest BCUT2D eigenvalue weighted by Crippen LogP contribution is -3.09. The molecule has 1 atom stereocenters. The minimum atomic E-state index is -0.731. The van der Waals surface area contributed by atoms with Crippen molar-refractivity contribution in [1.82, 2.24) is 10.9 Å². The molecule has 0 spiro atoms. The summed E-state index contributed by atoms with van der Waals surface area (Å²) in [6, 6.07) is 6.85. The third-order valence-electron chi connectivity index (χ3n) is 3.48. The van der Waals surface area contributed by atoms with Crippen molar-refractivity contribution in [2.45, 2.75) is 13.3 Å². The first-order valence-corrected chi connectivity index (χ1v) is 7.69. The monoisotopic (exact) mass is 319 g/mol. The van der Waals surface area contributed by atoms with Gasteiger partial charge in [-0.2, -0.15) is 0 Å². The summed E-state index contributed by atoms with van der Waals surface area (Å²) in [4.78, 5) is 25.0. The molecule has 4 N–H and O–H groups in total. The molecule has 7 nitrogen and oxygen atoms in total. The number of benzene rings is 1. The maximum absolute atomic E-state index is 11.8. The minimum absolute atomic E-state index is 0.538. The highest BCUT2D eigenvalue weighted by molar-refractivity contribution is 6.39. The molecule has 1 aliphatic rings. The van der Waals surface area contributed by atoms with E-state index in [1.54, 1.807) is 24.3 Å². The number of nitrogens with one attached hydrogen (secondary N) is 4. The number of quaternary nitrogens is 1. The number of hydrazine groups is 1. The summed E-state index contributed by atoms with van der Waals surface area (Å²) in [5.41, 5.74) is 6.68. The maximum Gasteiger partial charge on any atom is 0.327 e. The van der Waals surface area contributed by atoms with E-state index in [9.17, 15) is 9.59 Å². The highest BCUT2D eigenvalue weighted by Gasteiger charge is 2.15. The summed E-state index contributed by atoms with van der Waals surface area (Å²) in [6.07, 6.45) is 2.86. The van der Waals surface area contributed by atoms with Crippen molar-refractivity contribution in [2.75, 3.05) is 32.1 Å². The number of amides is 2. The zero-order chi connectivity index (χ0) is 16.7. The van der Waals surface area contributed by atoms with E-state index in [4.69, 9.17) is 4.74 Å². The van der Waals surface area contributed by atoms with Crippen LogP contribution in [-0.2, 0) is 9.59 Å². The zero-order valence-electron chi connectivity index (χ0n) is 13.4. The Bertz CT molecular complexity index is 583. The molecular formula is C16H23N4O3+. The number of rotatable bonds is 5. The van der Waals surface area contributed by atoms with Crippen LogP contribution in [0, 0.1) is 0 Å². The first kappa shape index (κ1) is 16.8. The van der Waals surface area contributed by atoms with Crippen molar-refractivity contribution in [1.29, 1.82) is 0 Å². The van der Waals surface area contributed by atoms with Crippen molar-refractivity contribution in [3.63, 3.8) is 0 Å². The van der Waals surface area contributed by atoms with Gasteiger partial charge in [-0.1, -0.05) is 0 Å². The zero-order valence-corrected chi connectivity index (χ0v) is 13.4. The standard InChI is InChI=1S/C16H22N4O3/c1-3-23-14-6-4-12(5-7-14)17-15(21)16(22)19-18-13-8-10-20(2)11-9-13/h4-8,18H,3,9-11H2,1-2H3,(H,17,21)(H,19,22)/p+1.